The molecule has 146 valence electrons. The van der Waals surface area contributed by atoms with E-state index in [4.69, 9.17) is 4.52 Å². The maximum atomic E-state index is 11.9. The lowest BCUT2D eigenvalue weighted by Gasteiger charge is -2.12. The molecule has 5 nitrogen and oxygen atoms in total. The third-order valence-corrected chi connectivity index (χ3v) is 7.78. The number of benzene rings is 2. The first-order valence-corrected chi connectivity index (χ1v) is 12.4. The molecule has 2 aromatic carbocycles. The van der Waals surface area contributed by atoms with Gasteiger partial charge >= 0.3 is 0 Å². The van der Waals surface area contributed by atoms with Gasteiger partial charge in [-0.25, -0.2) is 0 Å². The standard InChI is InChI=1S/C19H25N2O3PS2/c1-3-24-25(4-2)26-14-11-19(22)21-13-12-20-17-9-5-8-16-15(17)7-6-10-18(16)27-23/h4-10,20,23H,2-3,11-14H2,1H3,(H,21,22). The maximum Gasteiger partial charge on any atom is 0.220 e. The smallest absolute Gasteiger partial charge is 0.220 e. The number of hydrogen-bond acceptors (Lipinski definition) is 6. The molecule has 0 fully saturated rings. The summed E-state index contributed by atoms with van der Waals surface area (Å²) in [4.78, 5) is 12.8. The van der Waals surface area contributed by atoms with Crippen LogP contribution in [0.3, 0.4) is 0 Å². The van der Waals surface area contributed by atoms with Crippen molar-refractivity contribution in [1.29, 1.82) is 0 Å². The van der Waals surface area contributed by atoms with Gasteiger partial charge in [-0.2, -0.15) is 0 Å². The second-order valence-electron chi connectivity index (χ2n) is 5.49. The van der Waals surface area contributed by atoms with Crippen LogP contribution in [0.4, 0.5) is 5.69 Å². The maximum absolute atomic E-state index is 11.9. The molecule has 1 unspecified atom stereocenters. The van der Waals surface area contributed by atoms with E-state index in [1.807, 2.05) is 49.1 Å². The average molecular weight is 425 g/mol. The van der Waals surface area contributed by atoms with Crippen LogP contribution >= 0.6 is 30.8 Å². The predicted octanol–water partition coefficient (Wildman–Crippen LogP) is 5.55. The SMILES string of the molecule is C=CP(OCC)SCCC(=O)NCCNc1cccc2c(SO)cccc12. The van der Waals surface area contributed by atoms with Gasteiger partial charge in [-0.15, -0.1) is 11.4 Å². The molecule has 0 bridgehead atoms. The largest absolute Gasteiger partial charge is 0.383 e. The number of carbonyl (C=O) groups is 1. The summed E-state index contributed by atoms with van der Waals surface area (Å²) in [5.74, 6) is 2.58. The lowest BCUT2D eigenvalue weighted by Crippen LogP contribution is -2.28. The first kappa shape index (κ1) is 22.1. The minimum Gasteiger partial charge on any atom is -0.383 e. The fourth-order valence-corrected chi connectivity index (χ4v) is 5.58. The number of rotatable bonds is 12. The van der Waals surface area contributed by atoms with Crippen LogP contribution in [-0.2, 0) is 9.32 Å². The van der Waals surface area contributed by atoms with E-state index in [2.05, 4.69) is 17.2 Å². The number of nitrogens with one attached hydrogen (secondary N) is 2. The van der Waals surface area contributed by atoms with Crippen LogP contribution in [0.15, 0.2) is 53.7 Å². The van der Waals surface area contributed by atoms with Crippen molar-refractivity contribution >= 4 is 53.1 Å². The van der Waals surface area contributed by atoms with Crippen LogP contribution in [0.25, 0.3) is 10.8 Å². The molecule has 0 saturated heterocycles. The normalized spacial score (nSPS) is 11.9. The quantitative estimate of drug-likeness (QED) is 0.236. The van der Waals surface area contributed by atoms with Crippen molar-refractivity contribution in [3.63, 3.8) is 0 Å². The Bertz CT molecular complexity index is 761. The van der Waals surface area contributed by atoms with Gasteiger partial charge in [0, 0.05) is 59.9 Å². The Labute approximate surface area is 170 Å². The van der Waals surface area contributed by atoms with Crippen LogP contribution in [0.5, 0.6) is 0 Å². The first-order chi connectivity index (χ1) is 13.2. The van der Waals surface area contributed by atoms with Crippen molar-refractivity contribution < 1.29 is 13.9 Å². The minimum atomic E-state index is -0.688. The third-order valence-electron chi connectivity index (χ3n) is 3.70. The lowest BCUT2D eigenvalue weighted by atomic mass is 10.1. The number of anilines is 1. The molecule has 0 aliphatic rings. The fraction of sp³-hybridized carbons (Fsp3) is 0.316. The number of amides is 1. The zero-order valence-electron chi connectivity index (χ0n) is 15.3. The van der Waals surface area contributed by atoms with Gasteiger partial charge in [-0.1, -0.05) is 30.8 Å². The van der Waals surface area contributed by atoms with Gasteiger partial charge in [0.1, 0.15) is 7.35 Å². The zero-order valence-corrected chi connectivity index (χ0v) is 17.8. The highest BCUT2D eigenvalue weighted by atomic mass is 32.7. The summed E-state index contributed by atoms with van der Waals surface area (Å²) >= 11 is 2.39. The number of carbonyl (C=O) groups excluding carboxylic acids is 1. The van der Waals surface area contributed by atoms with Gasteiger partial charge in [0.15, 0.2) is 0 Å². The molecule has 3 N–H and O–H groups in total. The van der Waals surface area contributed by atoms with Crippen molar-refractivity contribution in [2.24, 2.45) is 0 Å². The molecule has 0 aliphatic carbocycles. The molecule has 27 heavy (non-hydrogen) atoms. The van der Waals surface area contributed by atoms with Gasteiger partial charge in [0.05, 0.1) is 0 Å². The van der Waals surface area contributed by atoms with E-state index in [-0.39, 0.29) is 5.91 Å². The van der Waals surface area contributed by atoms with Crippen LogP contribution in [0.2, 0.25) is 0 Å². The van der Waals surface area contributed by atoms with Crippen molar-refractivity contribution in [3.8, 4) is 0 Å². The summed E-state index contributed by atoms with van der Waals surface area (Å²) in [7, 11) is -0.688. The summed E-state index contributed by atoms with van der Waals surface area (Å²) in [6.07, 6.45) is 0.468. The third kappa shape index (κ3) is 7.01. The molecular formula is C19H25N2O3PS2. The summed E-state index contributed by atoms with van der Waals surface area (Å²) in [6, 6.07) is 11.8. The lowest BCUT2D eigenvalue weighted by molar-refractivity contribution is -0.120. The van der Waals surface area contributed by atoms with Crippen LogP contribution in [0.1, 0.15) is 13.3 Å². The van der Waals surface area contributed by atoms with E-state index in [9.17, 15) is 9.35 Å². The Morgan fingerprint density at radius 3 is 2.78 bits per heavy atom. The molecule has 0 aromatic heterocycles. The molecule has 0 spiro atoms. The van der Waals surface area contributed by atoms with Gasteiger partial charge in [-0.3, -0.25) is 4.79 Å². The van der Waals surface area contributed by atoms with E-state index in [1.165, 1.54) is 0 Å². The van der Waals surface area contributed by atoms with E-state index in [0.29, 0.717) is 26.1 Å². The van der Waals surface area contributed by atoms with Crippen LogP contribution < -0.4 is 10.6 Å². The van der Waals surface area contributed by atoms with Gasteiger partial charge in [0.2, 0.25) is 5.91 Å². The number of fused-ring (bicyclic) bond motifs is 1. The minimum absolute atomic E-state index is 0.0386. The van der Waals surface area contributed by atoms with Crippen molar-refractivity contribution in [2.75, 3.05) is 30.8 Å². The zero-order chi connectivity index (χ0) is 19.5. The van der Waals surface area contributed by atoms with Crippen molar-refractivity contribution in [3.05, 3.63) is 48.8 Å². The van der Waals surface area contributed by atoms with Crippen molar-refractivity contribution in [2.45, 2.75) is 18.2 Å². The van der Waals surface area contributed by atoms with E-state index >= 15 is 0 Å². The molecule has 0 heterocycles. The van der Waals surface area contributed by atoms with Crippen LogP contribution in [0, 0.1) is 0 Å². The Hall–Kier alpha value is -1.24. The Morgan fingerprint density at radius 1 is 1.26 bits per heavy atom. The molecule has 0 saturated carbocycles. The second-order valence-corrected chi connectivity index (χ2v) is 9.83. The topological polar surface area (TPSA) is 70.6 Å². The molecular weight excluding hydrogens is 399 g/mol. The van der Waals surface area contributed by atoms with Crippen LogP contribution in [-0.4, -0.2) is 35.9 Å². The summed E-state index contributed by atoms with van der Waals surface area (Å²) in [5.41, 5.74) is 0.988. The van der Waals surface area contributed by atoms with Crippen molar-refractivity contribution in [1.82, 2.24) is 5.32 Å². The molecule has 8 heteroatoms. The first-order valence-electron chi connectivity index (χ1n) is 8.71. The molecule has 0 radical (unpaired) electrons. The Kier molecular flexibility index (Phi) is 10.0. The highest BCUT2D eigenvalue weighted by molar-refractivity contribution is 8.55. The van der Waals surface area contributed by atoms with Gasteiger partial charge in [-0.05, 0) is 30.3 Å². The Morgan fingerprint density at radius 2 is 2.04 bits per heavy atom. The molecule has 1 amide bonds. The van der Waals surface area contributed by atoms with E-state index in [0.717, 1.165) is 39.2 Å². The summed E-state index contributed by atoms with van der Waals surface area (Å²) in [6.45, 7) is 7.56. The van der Waals surface area contributed by atoms with Gasteiger partial charge in [0.25, 0.3) is 0 Å². The molecule has 2 aromatic rings. The second kappa shape index (κ2) is 12.3. The van der Waals surface area contributed by atoms with Gasteiger partial charge < -0.3 is 19.7 Å². The monoisotopic (exact) mass is 424 g/mol. The van der Waals surface area contributed by atoms with E-state index in [1.54, 1.807) is 11.4 Å². The fourth-order valence-electron chi connectivity index (χ4n) is 2.50. The predicted molar refractivity (Wildman–Crippen MR) is 120 cm³/mol. The highest BCUT2D eigenvalue weighted by Gasteiger charge is 2.07. The summed E-state index contributed by atoms with van der Waals surface area (Å²) in [5, 5.41) is 8.34. The number of hydrogen-bond donors (Lipinski definition) is 3. The molecule has 1 atom stereocenters. The van der Waals surface area contributed by atoms with E-state index < -0.39 is 7.35 Å². The highest BCUT2D eigenvalue weighted by Crippen LogP contribution is 2.51. The average Bonchev–Trinajstić information content (AvgIpc) is 2.70. The molecule has 0 aliphatic heterocycles. The Balaban J connectivity index is 1.75. The molecule has 2 rings (SSSR count). The summed E-state index contributed by atoms with van der Waals surface area (Å²) < 4.78 is 14.9.